The topological polar surface area (TPSA) is 29.3 Å². The van der Waals surface area contributed by atoms with E-state index in [0.717, 1.165) is 70.9 Å². The second-order valence-electron chi connectivity index (χ2n) is 13.2. The van der Waals surface area contributed by atoms with Gasteiger partial charge in [-0.25, -0.2) is 4.98 Å². The van der Waals surface area contributed by atoms with Crippen molar-refractivity contribution in [2.75, 3.05) is 4.90 Å². The van der Waals surface area contributed by atoms with Crippen LogP contribution in [0, 0.1) is 0 Å². The monoisotopic (exact) mass is 696 g/mol. The third kappa shape index (κ3) is 5.76. The average molecular weight is 697 g/mol. The van der Waals surface area contributed by atoms with Gasteiger partial charge in [-0.2, -0.15) is 0 Å². The highest BCUT2D eigenvalue weighted by Gasteiger charge is 2.17. The predicted molar refractivity (Wildman–Crippen MR) is 223 cm³/mol. The highest BCUT2D eigenvalue weighted by atomic mass is 32.1. The molecule has 0 radical (unpaired) electrons. The number of hydrogen-bond acceptors (Lipinski definition) is 4. The zero-order valence-electron chi connectivity index (χ0n) is 28.7. The van der Waals surface area contributed by atoms with Crippen molar-refractivity contribution in [1.29, 1.82) is 0 Å². The van der Waals surface area contributed by atoms with Gasteiger partial charge in [0.1, 0.15) is 16.2 Å². The molecular weight excluding hydrogens is 665 g/mol. The molecule has 0 bridgehead atoms. The van der Waals surface area contributed by atoms with Crippen LogP contribution in [0.15, 0.2) is 199 Å². The minimum Gasteiger partial charge on any atom is -0.456 e. The van der Waals surface area contributed by atoms with Crippen molar-refractivity contribution in [2.24, 2.45) is 0 Å². The normalized spacial score (nSPS) is 11.4. The maximum Gasteiger partial charge on any atom is 0.137 e. The van der Waals surface area contributed by atoms with Gasteiger partial charge < -0.3 is 9.32 Å². The molecule has 53 heavy (non-hydrogen) atoms. The second kappa shape index (κ2) is 13.1. The van der Waals surface area contributed by atoms with Gasteiger partial charge in [0.2, 0.25) is 0 Å². The van der Waals surface area contributed by atoms with Crippen molar-refractivity contribution in [3.8, 4) is 44.0 Å². The van der Waals surface area contributed by atoms with Gasteiger partial charge in [-0.3, -0.25) is 0 Å². The van der Waals surface area contributed by atoms with Gasteiger partial charge in [0.25, 0.3) is 0 Å². The van der Waals surface area contributed by atoms with Crippen LogP contribution in [-0.4, -0.2) is 4.98 Å². The second-order valence-corrected chi connectivity index (χ2v) is 14.2. The van der Waals surface area contributed by atoms with Crippen LogP contribution >= 0.6 is 11.3 Å². The summed E-state index contributed by atoms with van der Waals surface area (Å²) in [4.78, 5) is 7.42. The van der Waals surface area contributed by atoms with E-state index in [0.29, 0.717) is 0 Å². The number of furan rings is 1. The number of thiazole rings is 1. The van der Waals surface area contributed by atoms with E-state index in [1.165, 1.54) is 22.3 Å². The van der Waals surface area contributed by atoms with Crippen LogP contribution in [0.1, 0.15) is 0 Å². The van der Waals surface area contributed by atoms with E-state index in [-0.39, 0.29) is 0 Å². The van der Waals surface area contributed by atoms with Gasteiger partial charge in [-0.15, -0.1) is 11.3 Å². The Morgan fingerprint density at radius 1 is 0.396 bits per heavy atom. The molecule has 3 nitrogen and oxygen atoms in total. The Morgan fingerprint density at radius 2 is 0.925 bits per heavy atom. The van der Waals surface area contributed by atoms with Crippen LogP contribution in [0.4, 0.5) is 17.1 Å². The quantitative estimate of drug-likeness (QED) is 0.166. The number of nitrogens with zero attached hydrogens (tertiary/aromatic N) is 2. The first kappa shape index (κ1) is 31.0. The molecule has 8 aromatic carbocycles. The van der Waals surface area contributed by atoms with Crippen LogP contribution in [0.25, 0.3) is 76.1 Å². The molecule has 10 aromatic rings. The minimum absolute atomic E-state index is 0.858. The summed E-state index contributed by atoms with van der Waals surface area (Å²) in [7, 11) is 0. The Bertz CT molecular complexity index is 2860. The Hall–Kier alpha value is -6.75. The lowest BCUT2D eigenvalue weighted by Gasteiger charge is -2.26. The number of benzene rings is 8. The zero-order chi connectivity index (χ0) is 35.1. The summed E-state index contributed by atoms with van der Waals surface area (Å²) in [6, 6.07) is 68.6. The summed E-state index contributed by atoms with van der Waals surface area (Å²) < 4.78 is 7.62. The first-order chi connectivity index (χ1) is 26.2. The van der Waals surface area contributed by atoms with Crippen LogP contribution in [0.3, 0.4) is 0 Å². The van der Waals surface area contributed by atoms with Gasteiger partial charge in [-0.05, 0) is 94.0 Å². The fourth-order valence-electron chi connectivity index (χ4n) is 7.28. The van der Waals surface area contributed by atoms with E-state index in [4.69, 9.17) is 9.40 Å². The Morgan fingerprint density at radius 3 is 1.58 bits per heavy atom. The van der Waals surface area contributed by atoms with E-state index in [1.807, 2.05) is 6.07 Å². The van der Waals surface area contributed by atoms with Crippen molar-refractivity contribution in [1.82, 2.24) is 4.98 Å². The van der Waals surface area contributed by atoms with Crippen molar-refractivity contribution in [2.45, 2.75) is 0 Å². The molecule has 0 aliphatic carbocycles. The Kier molecular flexibility index (Phi) is 7.67. The van der Waals surface area contributed by atoms with E-state index < -0.39 is 0 Å². The van der Waals surface area contributed by atoms with E-state index >= 15 is 0 Å². The van der Waals surface area contributed by atoms with Gasteiger partial charge in [0, 0.05) is 28.0 Å². The Labute approximate surface area is 311 Å². The lowest BCUT2D eigenvalue weighted by molar-refractivity contribution is 0.669. The lowest BCUT2D eigenvalue weighted by atomic mass is 10.0. The molecule has 250 valence electrons. The molecule has 0 atom stereocenters. The van der Waals surface area contributed by atoms with Crippen molar-refractivity contribution < 1.29 is 4.42 Å². The predicted octanol–water partition coefficient (Wildman–Crippen LogP) is 14.3. The lowest BCUT2D eigenvalue weighted by Crippen LogP contribution is -2.10. The van der Waals surface area contributed by atoms with E-state index in [2.05, 4.69) is 193 Å². The minimum atomic E-state index is 0.858. The molecule has 4 heteroatoms. The first-order valence-corrected chi connectivity index (χ1v) is 18.6. The third-order valence-corrected chi connectivity index (χ3v) is 11.0. The number of hydrogen-bond donors (Lipinski definition) is 0. The van der Waals surface area contributed by atoms with Crippen molar-refractivity contribution in [3.05, 3.63) is 194 Å². The fraction of sp³-hybridized carbons (Fsp3) is 0. The molecule has 0 N–H and O–H groups in total. The maximum absolute atomic E-state index is 6.46. The molecule has 10 rings (SSSR count). The molecule has 2 aromatic heterocycles. The summed E-state index contributed by atoms with van der Waals surface area (Å²) in [5.41, 5.74) is 14.1. The maximum atomic E-state index is 6.46. The molecule has 0 unspecified atom stereocenters. The summed E-state index contributed by atoms with van der Waals surface area (Å²) in [6.07, 6.45) is 0. The molecular formula is C49H32N2OS. The van der Waals surface area contributed by atoms with Gasteiger partial charge in [0.15, 0.2) is 0 Å². The van der Waals surface area contributed by atoms with Crippen molar-refractivity contribution >= 4 is 60.6 Å². The number of aromatic nitrogens is 1. The SMILES string of the molecule is c1ccc(-c2ccc(N(c3ccc(-c4ccc5c(c4)oc4ccc6sc(-c7ccccc7)nc6c45)cc3)c3cccc(-c4ccccc4)c3)cc2)cc1. The van der Waals surface area contributed by atoms with E-state index in [9.17, 15) is 0 Å². The van der Waals surface area contributed by atoms with Gasteiger partial charge in [0.05, 0.1) is 15.6 Å². The summed E-state index contributed by atoms with van der Waals surface area (Å²) in [6.45, 7) is 0. The van der Waals surface area contributed by atoms with Crippen LogP contribution < -0.4 is 4.90 Å². The van der Waals surface area contributed by atoms with Gasteiger partial charge in [-0.1, -0.05) is 133 Å². The molecule has 0 saturated heterocycles. The Balaban J connectivity index is 1.02. The highest BCUT2D eigenvalue weighted by Crippen LogP contribution is 2.41. The number of fused-ring (bicyclic) bond motifs is 5. The molecule has 0 spiro atoms. The fourth-order valence-corrected chi connectivity index (χ4v) is 8.25. The largest absolute Gasteiger partial charge is 0.456 e. The molecule has 2 heterocycles. The van der Waals surface area contributed by atoms with Crippen molar-refractivity contribution in [3.63, 3.8) is 0 Å². The summed E-state index contributed by atoms with van der Waals surface area (Å²) >= 11 is 1.72. The third-order valence-electron chi connectivity index (χ3n) is 9.92. The van der Waals surface area contributed by atoms with E-state index in [1.54, 1.807) is 11.3 Å². The highest BCUT2D eigenvalue weighted by molar-refractivity contribution is 7.21. The van der Waals surface area contributed by atoms with Gasteiger partial charge >= 0.3 is 0 Å². The zero-order valence-corrected chi connectivity index (χ0v) is 29.5. The smallest absolute Gasteiger partial charge is 0.137 e. The molecule has 0 aliphatic rings. The molecule has 0 saturated carbocycles. The summed E-state index contributed by atoms with van der Waals surface area (Å²) in [5, 5.41) is 3.18. The molecule has 0 amide bonds. The first-order valence-electron chi connectivity index (χ1n) is 17.8. The standard InChI is InChI=1S/C49H32N2OS/c1-4-11-33(12-5-1)35-19-24-40(25-20-35)51(42-18-10-17-38(31-42)34-13-6-2-7-14-34)41-26-21-36(22-27-41)39-23-28-43-45(32-39)52-44-29-30-46-48(47(43)44)50-49(53-46)37-15-8-3-9-16-37/h1-32H. The number of anilines is 3. The molecule has 0 fully saturated rings. The summed E-state index contributed by atoms with van der Waals surface area (Å²) in [5.74, 6) is 0. The van der Waals surface area contributed by atoms with Crippen LogP contribution in [0.2, 0.25) is 0 Å². The average Bonchev–Trinajstić information content (AvgIpc) is 3.84. The molecule has 0 aliphatic heterocycles. The van der Waals surface area contributed by atoms with Crippen LogP contribution in [-0.2, 0) is 0 Å². The van der Waals surface area contributed by atoms with Crippen LogP contribution in [0.5, 0.6) is 0 Å². The number of rotatable bonds is 7.